The van der Waals surface area contributed by atoms with E-state index in [1.54, 1.807) is 0 Å². The Labute approximate surface area is 186 Å². The molecule has 1 atom stereocenters. The van der Waals surface area contributed by atoms with Gasteiger partial charge in [0.25, 0.3) is 0 Å². The number of hydrogen-bond donors (Lipinski definition) is 0. The third-order valence-electron chi connectivity index (χ3n) is 8.39. The van der Waals surface area contributed by atoms with Crippen LogP contribution in [0.25, 0.3) is 0 Å². The van der Waals surface area contributed by atoms with E-state index < -0.39 is 17.6 Å². The quantitative estimate of drug-likeness (QED) is 0.353. The van der Waals surface area contributed by atoms with Crippen molar-refractivity contribution in [3.05, 3.63) is 35.1 Å². The van der Waals surface area contributed by atoms with Gasteiger partial charge in [0.2, 0.25) is 0 Å². The van der Waals surface area contributed by atoms with Crippen molar-refractivity contribution in [3.63, 3.8) is 0 Å². The lowest BCUT2D eigenvalue weighted by Crippen LogP contribution is -2.26. The largest absolute Gasteiger partial charge is 0.419 e. The van der Waals surface area contributed by atoms with Gasteiger partial charge in [0.15, 0.2) is 0 Å². The number of rotatable bonds is 8. The summed E-state index contributed by atoms with van der Waals surface area (Å²) in [5.74, 6) is 3.08. The number of hydrogen-bond acceptors (Lipinski definition) is 0. The molecular weight excluding hydrogens is 400 g/mol. The maximum atomic E-state index is 13.8. The van der Waals surface area contributed by atoms with Crippen LogP contribution in [0.3, 0.4) is 0 Å². The highest BCUT2D eigenvalue weighted by atomic mass is 19.4. The molecule has 0 saturated heterocycles. The highest BCUT2D eigenvalue weighted by Gasteiger charge is 2.34. The molecule has 31 heavy (non-hydrogen) atoms. The molecule has 0 nitrogen and oxygen atoms in total. The van der Waals surface area contributed by atoms with Gasteiger partial charge in [-0.25, -0.2) is 4.39 Å². The van der Waals surface area contributed by atoms with Crippen molar-refractivity contribution in [2.45, 2.75) is 103 Å². The summed E-state index contributed by atoms with van der Waals surface area (Å²) in [6.07, 6.45) is 11.8. The summed E-state index contributed by atoms with van der Waals surface area (Å²) in [6.45, 7) is 4.66. The smallest absolute Gasteiger partial charge is 0.206 e. The third kappa shape index (κ3) is 7.22. The molecule has 0 amide bonds. The van der Waals surface area contributed by atoms with Gasteiger partial charge < -0.3 is 0 Å². The van der Waals surface area contributed by atoms with Gasteiger partial charge >= 0.3 is 6.18 Å². The van der Waals surface area contributed by atoms with Crippen molar-refractivity contribution in [2.24, 2.45) is 29.6 Å². The van der Waals surface area contributed by atoms with Gasteiger partial charge in [0, 0.05) is 0 Å². The second-order valence-electron chi connectivity index (χ2n) is 10.5. The Kier molecular flexibility index (Phi) is 8.87. The van der Waals surface area contributed by atoms with Gasteiger partial charge in [-0.3, -0.25) is 0 Å². The molecule has 2 fully saturated rings. The molecule has 176 valence electrons. The topological polar surface area (TPSA) is 0 Å². The van der Waals surface area contributed by atoms with E-state index in [-0.39, 0.29) is 0 Å². The van der Waals surface area contributed by atoms with Gasteiger partial charge in [0.1, 0.15) is 5.82 Å². The number of halogens is 4. The fraction of sp³-hybridized carbons (Fsp3) is 0.778. The molecule has 2 saturated carbocycles. The van der Waals surface area contributed by atoms with Crippen molar-refractivity contribution in [1.29, 1.82) is 0 Å². The number of alkyl halides is 3. The van der Waals surface area contributed by atoms with E-state index in [2.05, 4.69) is 13.8 Å². The molecule has 2 aliphatic carbocycles. The average Bonchev–Trinajstić information content (AvgIpc) is 2.76. The van der Waals surface area contributed by atoms with Crippen LogP contribution in [0.15, 0.2) is 18.2 Å². The fourth-order valence-corrected chi connectivity index (χ4v) is 5.94. The van der Waals surface area contributed by atoms with E-state index in [1.807, 2.05) is 0 Å². The molecule has 0 aliphatic heterocycles. The monoisotopic (exact) mass is 440 g/mol. The lowest BCUT2D eigenvalue weighted by Gasteiger charge is -2.38. The molecule has 0 heterocycles. The Bertz CT molecular complexity index is 664. The first-order valence-electron chi connectivity index (χ1n) is 12.6. The number of benzene rings is 1. The summed E-state index contributed by atoms with van der Waals surface area (Å²) in [7, 11) is 0. The second-order valence-corrected chi connectivity index (χ2v) is 10.5. The van der Waals surface area contributed by atoms with E-state index >= 15 is 0 Å². The summed E-state index contributed by atoms with van der Waals surface area (Å²) >= 11 is 0. The molecule has 1 unspecified atom stereocenters. The van der Waals surface area contributed by atoms with Crippen molar-refractivity contribution < 1.29 is 17.6 Å². The summed E-state index contributed by atoms with van der Waals surface area (Å²) in [5.41, 5.74) is -0.477. The van der Waals surface area contributed by atoms with Crippen LogP contribution in [-0.4, -0.2) is 0 Å². The van der Waals surface area contributed by atoms with E-state index in [1.165, 1.54) is 76.7 Å². The fourth-order valence-electron chi connectivity index (χ4n) is 5.94. The van der Waals surface area contributed by atoms with Crippen LogP contribution in [-0.2, 0) is 12.6 Å². The zero-order valence-corrected chi connectivity index (χ0v) is 19.3. The maximum absolute atomic E-state index is 13.8. The maximum Gasteiger partial charge on any atom is 0.419 e. The summed E-state index contributed by atoms with van der Waals surface area (Å²) in [6, 6.07) is 3.41. The van der Waals surface area contributed by atoms with Crippen LogP contribution in [0.2, 0.25) is 0 Å². The van der Waals surface area contributed by atoms with Crippen molar-refractivity contribution in [1.82, 2.24) is 0 Å². The molecule has 2 aliphatic rings. The second kappa shape index (κ2) is 11.2. The van der Waals surface area contributed by atoms with Gasteiger partial charge in [-0.1, -0.05) is 64.9 Å². The predicted octanol–water partition coefficient (Wildman–Crippen LogP) is 9.22. The molecular formula is C27H40F4. The minimum atomic E-state index is -4.62. The van der Waals surface area contributed by atoms with Crippen LogP contribution < -0.4 is 0 Å². The predicted molar refractivity (Wildman–Crippen MR) is 119 cm³/mol. The van der Waals surface area contributed by atoms with Crippen molar-refractivity contribution >= 4 is 0 Å². The normalized spacial score (nSPS) is 28.5. The zero-order valence-electron chi connectivity index (χ0n) is 19.3. The van der Waals surface area contributed by atoms with Crippen LogP contribution in [0, 0.1) is 35.4 Å². The van der Waals surface area contributed by atoms with Gasteiger partial charge in [-0.05, 0) is 85.8 Å². The van der Waals surface area contributed by atoms with Crippen LogP contribution in [0.4, 0.5) is 17.6 Å². The Morgan fingerprint density at radius 1 is 0.871 bits per heavy atom. The molecule has 1 aromatic rings. The third-order valence-corrected chi connectivity index (χ3v) is 8.39. The van der Waals surface area contributed by atoms with E-state index in [4.69, 9.17) is 0 Å². The molecule has 0 spiro atoms. The lowest BCUT2D eigenvalue weighted by molar-refractivity contribution is -0.140. The van der Waals surface area contributed by atoms with Crippen molar-refractivity contribution in [2.75, 3.05) is 0 Å². The average molecular weight is 441 g/mol. The molecule has 3 rings (SSSR count). The summed E-state index contributed by atoms with van der Waals surface area (Å²) in [4.78, 5) is 0. The van der Waals surface area contributed by atoms with Gasteiger partial charge in [-0.15, -0.1) is 0 Å². The first-order valence-corrected chi connectivity index (χ1v) is 12.6. The van der Waals surface area contributed by atoms with Gasteiger partial charge in [0.05, 0.1) is 5.56 Å². The highest BCUT2D eigenvalue weighted by Crippen LogP contribution is 2.43. The summed E-state index contributed by atoms with van der Waals surface area (Å²) < 4.78 is 51.9. The van der Waals surface area contributed by atoms with Crippen molar-refractivity contribution in [3.8, 4) is 0 Å². The molecule has 0 bridgehead atoms. The van der Waals surface area contributed by atoms with E-state index in [9.17, 15) is 17.6 Å². The number of aryl methyl sites for hydroxylation is 1. The Hall–Kier alpha value is -1.06. The zero-order chi connectivity index (χ0) is 22.4. The molecule has 0 aromatic heterocycles. The van der Waals surface area contributed by atoms with Crippen LogP contribution in [0.5, 0.6) is 0 Å². The Balaban J connectivity index is 1.36. The minimum Gasteiger partial charge on any atom is -0.206 e. The Morgan fingerprint density at radius 2 is 1.42 bits per heavy atom. The first kappa shape index (κ1) is 24.6. The van der Waals surface area contributed by atoms with E-state index in [0.717, 1.165) is 42.2 Å². The van der Waals surface area contributed by atoms with Gasteiger partial charge in [-0.2, -0.15) is 13.2 Å². The van der Waals surface area contributed by atoms with Crippen LogP contribution >= 0.6 is 0 Å². The Morgan fingerprint density at radius 3 is 1.90 bits per heavy atom. The molecule has 1 aromatic carbocycles. The molecule has 4 heteroatoms. The standard InChI is InChI=1S/C27H40F4/c1-3-19(2)4-5-20-8-13-23(14-9-20)24-15-10-21(11-16-24)6-7-22-12-17-25(26(28)18-22)27(29,30)31/h12,17-21,23-24H,3-11,13-16H2,1-2H3. The highest BCUT2D eigenvalue weighted by molar-refractivity contribution is 5.26. The van der Waals surface area contributed by atoms with E-state index in [0.29, 0.717) is 17.9 Å². The minimum absolute atomic E-state index is 0.633. The lowest BCUT2D eigenvalue weighted by atomic mass is 9.68. The van der Waals surface area contributed by atoms with Crippen LogP contribution in [0.1, 0.15) is 102 Å². The SMILES string of the molecule is CCC(C)CCC1CCC(C2CCC(CCc3ccc(C(F)(F)F)c(F)c3)CC2)CC1. The summed E-state index contributed by atoms with van der Waals surface area (Å²) in [5, 5.41) is 0. The molecule has 0 radical (unpaired) electrons. The molecule has 0 N–H and O–H groups in total. The first-order chi connectivity index (χ1) is 14.8.